The molecule has 9 heteroatoms. The number of aromatic nitrogens is 5. The van der Waals surface area contributed by atoms with E-state index in [2.05, 4.69) is 58.4 Å². The van der Waals surface area contributed by atoms with Crippen LogP contribution in [0.15, 0.2) is 54.2 Å². The molecule has 3 aromatic rings. The SMILES string of the molecule is CCC1[C@@H](C)C(Nc2cnn(CC(=O)NCc3ccncc3)c(=O)c2-c2cncnc2)CCC1(C)C. The lowest BCUT2D eigenvalue weighted by atomic mass is 9.61. The van der Waals surface area contributed by atoms with Crippen LogP contribution >= 0.6 is 0 Å². The van der Waals surface area contributed by atoms with E-state index in [9.17, 15) is 9.59 Å². The van der Waals surface area contributed by atoms with Crippen molar-refractivity contribution in [3.8, 4) is 11.1 Å². The molecule has 9 nitrogen and oxygen atoms in total. The zero-order valence-corrected chi connectivity index (χ0v) is 21.4. The normalized spacial score (nSPS) is 21.1. The molecule has 2 N–H and O–H groups in total. The van der Waals surface area contributed by atoms with Gasteiger partial charge in [0, 0.05) is 42.9 Å². The molecule has 36 heavy (non-hydrogen) atoms. The van der Waals surface area contributed by atoms with Gasteiger partial charge < -0.3 is 10.6 Å². The Hall–Kier alpha value is -3.62. The quantitative estimate of drug-likeness (QED) is 0.496. The summed E-state index contributed by atoms with van der Waals surface area (Å²) in [4.78, 5) is 38.4. The number of nitrogens with zero attached hydrogens (tertiary/aromatic N) is 5. The lowest BCUT2D eigenvalue weighted by Gasteiger charge is -2.47. The third-order valence-electron chi connectivity index (χ3n) is 7.58. The first-order chi connectivity index (χ1) is 17.3. The molecule has 0 aliphatic heterocycles. The molecule has 0 radical (unpaired) electrons. The second kappa shape index (κ2) is 11.0. The highest BCUT2D eigenvalue weighted by Crippen LogP contribution is 2.46. The Balaban J connectivity index is 1.59. The van der Waals surface area contributed by atoms with Gasteiger partial charge in [0.25, 0.3) is 5.56 Å². The van der Waals surface area contributed by atoms with Crippen molar-refractivity contribution in [2.45, 2.75) is 66.1 Å². The number of carbonyl (C=O) groups excluding carboxylic acids is 1. The molecule has 0 saturated heterocycles. The van der Waals surface area contributed by atoms with Gasteiger partial charge in [-0.15, -0.1) is 0 Å². The summed E-state index contributed by atoms with van der Waals surface area (Å²) in [5.41, 5.74) is 2.52. The Morgan fingerprint density at radius 3 is 2.56 bits per heavy atom. The lowest BCUT2D eigenvalue weighted by Crippen LogP contribution is -2.44. The Kier molecular flexibility index (Phi) is 7.76. The van der Waals surface area contributed by atoms with Crippen LogP contribution in [0.2, 0.25) is 0 Å². The monoisotopic (exact) mass is 489 g/mol. The number of carbonyl (C=O) groups is 1. The van der Waals surface area contributed by atoms with Gasteiger partial charge in [-0.1, -0.05) is 34.1 Å². The van der Waals surface area contributed by atoms with Crippen molar-refractivity contribution in [2.75, 3.05) is 5.32 Å². The van der Waals surface area contributed by atoms with Gasteiger partial charge in [-0.3, -0.25) is 14.6 Å². The van der Waals surface area contributed by atoms with Crippen molar-refractivity contribution in [3.05, 3.63) is 65.4 Å². The summed E-state index contributed by atoms with van der Waals surface area (Å²) in [6.07, 6.45) is 12.9. The summed E-state index contributed by atoms with van der Waals surface area (Å²) >= 11 is 0. The first-order valence-corrected chi connectivity index (χ1v) is 12.6. The van der Waals surface area contributed by atoms with Crippen LogP contribution in [0.25, 0.3) is 11.1 Å². The number of hydrogen-bond donors (Lipinski definition) is 2. The first-order valence-electron chi connectivity index (χ1n) is 12.6. The average molecular weight is 490 g/mol. The first kappa shape index (κ1) is 25.5. The molecular weight excluding hydrogens is 454 g/mol. The van der Waals surface area contributed by atoms with E-state index in [0.717, 1.165) is 24.8 Å². The molecule has 1 amide bonds. The van der Waals surface area contributed by atoms with Crippen LogP contribution < -0.4 is 16.2 Å². The maximum absolute atomic E-state index is 13.6. The molecule has 190 valence electrons. The highest BCUT2D eigenvalue weighted by Gasteiger charge is 2.40. The molecule has 1 fully saturated rings. The third kappa shape index (κ3) is 5.61. The van der Waals surface area contributed by atoms with E-state index in [-0.39, 0.29) is 29.5 Å². The number of anilines is 1. The summed E-state index contributed by atoms with van der Waals surface area (Å²) in [5, 5.41) is 10.8. The van der Waals surface area contributed by atoms with E-state index >= 15 is 0 Å². The molecule has 1 aliphatic carbocycles. The number of rotatable bonds is 8. The van der Waals surface area contributed by atoms with E-state index in [1.54, 1.807) is 31.0 Å². The summed E-state index contributed by atoms with van der Waals surface area (Å²) in [5.74, 6) is 0.705. The number of hydrogen-bond acceptors (Lipinski definition) is 7. The van der Waals surface area contributed by atoms with Gasteiger partial charge in [0.15, 0.2) is 0 Å². The van der Waals surface area contributed by atoms with Crippen LogP contribution in [0.1, 0.15) is 52.5 Å². The van der Waals surface area contributed by atoms with Gasteiger partial charge in [0.1, 0.15) is 12.9 Å². The Labute approximate surface area is 211 Å². The molecule has 2 unspecified atom stereocenters. The van der Waals surface area contributed by atoms with Crippen molar-refractivity contribution in [3.63, 3.8) is 0 Å². The predicted molar refractivity (Wildman–Crippen MR) is 139 cm³/mol. The average Bonchev–Trinajstić information content (AvgIpc) is 2.87. The van der Waals surface area contributed by atoms with Crippen LogP contribution in [0, 0.1) is 17.3 Å². The zero-order chi connectivity index (χ0) is 25.7. The van der Waals surface area contributed by atoms with Crippen molar-refractivity contribution < 1.29 is 4.79 Å². The standard InChI is InChI=1S/C27H35N7O2/c1-5-21-18(2)22(6-9-27(21,3)4)33-23-15-32-34(26(36)25(23)20-13-29-17-30-14-20)16-24(35)31-12-19-7-10-28-11-8-19/h7-8,10-11,13-15,17-18,21-22,33H,5-6,9,12,16H2,1-4H3,(H,31,35)/t18-,21?,22?/m1/s1. The fourth-order valence-corrected chi connectivity index (χ4v) is 5.61. The van der Waals surface area contributed by atoms with E-state index < -0.39 is 0 Å². The van der Waals surface area contributed by atoms with Gasteiger partial charge in [0.2, 0.25) is 5.91 Å². The molecule has 1 aliphatic rings. The molecule has 0 spiro atoms. The lowest BCUT2D eigenvalue weighted by molar-refractivity contribution is -0.122. The van der Waals surface area contributed by atoms with Crippen LogP contribution in [-0.2, 0) is 17.9 Å². The molecule has 0 aromatic carbocycles. The molecule has 0 bridgehead atoms. The minimum absolute atomic E-state index is 0.184. The highest BCUT2D eigenvalue weighted by atomic mass is 16.2. The van der Waals surface area contributed by atoms with E-state index in [4.69, 9.17) is 0 Å². The Morgan fingerprint density at radius 2 is 1.86 bits per heavy atom. The van der Waals surface area contributed by atoms with Gasteiger partial charge >= 0.3 is 0 Å². The molecular formula is C27H35N7O2. The number of pyridine rings is 1. The summed E-state index contributed by atoms with van der Waals surface area (Å²) in [6.45, 7) is 9.41. The molecule has 3 aromatic heterocycles. The van der Waals surface area contributed by atoms with Gasteiger partial charge in [-0.05, 0) is 47.8 Å². The van der Waals surface area contributed by atoms with Crippen molar-refractivity contribution in [2.24, 2.45) is 17.3 Å². The fourth-order valence-electron chi connectivity index (χ4n) is 5.61. The van der Waals surface area contributed by atoms with Crippen molar-refractivity contribution in [1.29, 1.82) is 0 Å². The molecule has 1 saturated carbocycles. The molecule has 3 heterocycles. The fraction of sp³-hybridized carbons (Fsp3) is 0.481. The molecule has 3 atom stereocenters. The zero-order valence-electron chi connectivity index (χ0n) is 21.4. The van der Waals surface area contributed by atoms with Crippen LogP contribution in [0.5, 0.6) is 0 Å². The van der Waals surface area contributed by atoms with Gasteiger partial charge in [0.05, 0.1) is 17.4 Å². The van der Waals surface area contributed by atoms with Crippen LogP contribution in [0.3, 0.4) is 0 Å². The van der Waals surface area contributed by atoms with E-state index in [0.29, 0.717) is 35.2 Å². The van der Waals surface area contributed by atoms with E-state index in [1.807, 2.05) is 12.1 Å². The predicted octanol–water partition coefficient (Wildman–Crippen LogP) is 3.67. The Morgan fingerprint density at radius 1 is 1.14 bits per heavy atom. The van der Waals surface area contributed by atoms with Crippen LogP contribution in [-0.4, -0.2) is 36.7 Å². The summed E-state index contributed by atoms with van der Waals surface area (Å²) in [6, 6.07) is 3.87. The van der Waals surface area contributed by atoms with E-state index in [1.165, 1.54) is 11.0 Å². The summed E-state index contributed by atoms with van der Waals surface area (Å²) < 4.78 is 1.19. The smallest absolute Gasteiger partial charge is 0.277 e. The second-order valence-electron chi connectivity index (χ2n) is 10.3. The maximum atomic E-state index is 13.6. The number of amides is 1. The molecule has 4 rings (SSSR count). The number of nitrogens with one attached hydrogen (secondary N) is 2. The minimum atomic E-state index is -0.357. The van der Waals surface area contributed by atoms with Gasteiger partial charge in [-0.2, -0.15) is 5.10 Å². The van der Waals surface area contributed by atoms with Crippen molar-refractivity contribution in [1.82, 2.24) is 30.0 Å². The minimum Gasteiger partial charge on any atom is -0.380 e. The second-order valence-corrected chi connectivity index (χ2v) is 10.3. The van der Waals surface area contributed by atoms with Gasteiger partial charge in [-0.25, -0.2) is 14.6 Å². The summed E-state index contributed by atoms with van der Waals surface area (Å²) in [7, 11) is 0. The maximum Gasteiger partial charge on any atom is 0.277 e. The highest BCUT2D eigenvalue weighted by molar-refractivity contribution is 5.77. The topological polar surface area (TPSA) is 115 Å². The van der Waals surface area contributed by atoms with Crippen LogP contribution in [0.4, 0.5) is 5.69 Å². The third-order valence-corrected chi connectivity index (χ3v) is 7.58. The van der Waals surface area contributed by atoms with Crippen molar-refractivity contribution >= 4 is 11.6 Å². The Bertz CT molecular complexity index is 1230. The largest absolute Gasteiger partial charge is 0.380 e.